The van der Waals surface area contributed by atoms with Gasteiger partial charge in [0.05, 0.1) is 16.8 Å². The highest BCUT2D eigenvalue weighted by Gasteiger charge is 2.25. The van der Waals surface area contributed by atoms with Gasteiger partial charge in [-0.25, -0.2) is 0 Å². The van der Waals surface area contributed by atoms with E-state index < -0.39 is 0 Å². The number of hydrogen-bond donors (Lipinski definition) is 2. The van der Waals surface area contributed by atoms with Crippen LogP contribution in [0.5, 0.6) is 5.75 Å². The Balaban J connectivity index is 1.85. The number of hydrazone groups is 1. The Morgan fingerprint density at radius 3 is 2.62 bits per heavy atom. The summed E-state index contributed by atoms with van der Waals surface area (Å²) < 4.78 is 1.02. The van der Waals surface area contributed by atoms with Crippen LogP contribution < -0.4 is 5.43 Å². The van der Waals surface area contributed by atoms with Gasteiger partial charge in [-0.1, -0.05) is 51.3 Å². The van der Waals surface area contributed by atoms with E-state index in [1.807, 2.05) is 24.3 Å². The molecule has 0 saturated heterocycles. The van der Waals surface area contributed by atoms with Gasteiger partial charge in [-0.15, -0.1) is 0 Å². The van der Waals surface area contributed by atoms with Gasteiger partial charge < -0.3 is 10.5 Å². The maximum absolute atomic E-state index is 10.1. The predicted octanol–water partition coefficient (Wildman–Crippen LogP) is 4.90. The molecular weight excluding hydrogens is 375 g/mol. The van der Waals surface area contributed by atoms with E-state index >= 15 is 0 Å². The summed E-state index contributed by atoms with van der Waals surface area (Å²) in [5.74, 6) is 0.0471. The molecule has 3 rings (SSSR count). The molecule has 1 aliphatic heterocycles. The molecule has 108 valence electrons. The molecule has 0 radical (unpaired) electrons. The molecule has 1 atom stereocenters. The van der Waals surface area contributed by atoms with Crippen molar-refractivity contribution in [2.24, 2.45) is 5.10 Å². The fraction of sp³-hybridized carbons (Fsp3) is 0.133. The molecule has 1 heterocycles. The standard InChI is InChI=1S/C15H11BrCl2N2O/c16-9-3-1-8(2-4-9)13-7-14(20-19-13)11-5-10(17)6-12(18)15(11)21/h1-6,14,20-21H,7H2. The van der Waals surface area contributed by atoms with Crippen LogP contribution in [0.2, 0.25) is 10.0 Å². The first-order valence-corrected chi connectivity index (χ1v) is 7.85. The Hall–Kier alpha value is -1.23. The molecule has 3 nitrogen and oxygen atoms in total. The third-order valence-electron chi connectivity index (χ3n) is 3.36. The average molecular weight is 386 g/mol. The lowest BCUT2D eigenvalue weighted by atomic mass is 9.98. The molecule has 0 saturated carbocycles. The molecule has 2 aromatic carbocycles. The molecule has 0 bridgehead atoms. The smallest absolute Gasteiger partial charge is 0.139 e. The maximum atomic E-state index is 10.1. The molecule has 2 aromatic rings. The van der Waals surface area contributed by atoms with Crippen LogP contribution >= 0.6 is 39.1 Å². The number of aromatic hydroxyl groups is 1. The minimum absolute atomic E-state index is 0.0471. The Bertz CT molecular complexity index is 716. The number of phenols is 1. The van der Waals surface area contributed by atoms with Crippen molar-refractivity contribution < 1.29 is 5.11 Å². The van der Waals surface area contributed by atoms with Crippen molar-refractivity contribution in [1.82, 2.24) is 5.43 Å². The summed E-state index contributed by atoms with van der Waals surface area (Å²) in [5, 5.41) is 15.2. The molecule has 21 heavy (non-hydrogen) atoms. The molecule has 6 heteroatoms. The van der Waals surface area contributed by atoms with Gasteiger partial charge in [-0.3, -0.25) is 0 Å². The van der Waals surface area contributed by atoms with Crippen molar-refractivity contribution in [3.63, 3.8) is 0 Å². The highest BCUT2D eigenvalue weighted by molar-refractivity contribution is 9.10. The van der Waals surface area contributed by atoms with Gasteiger partial charge in [0.15, 0.2) is 0 Å². The highest BCUT2D eigenvalue weighted by atomic mass is 79.9. The molecule has 0 spiro atoms. The van der Waals surface area contributed by atoms with Gasteiger partial charge in [0.1, 0.15) is 5.75 Å². The summed E-state index contributed by atoms with van der Waals surface area (Å²) in [4.78, 5) is 0. The Morgan fingerprint density at radius 1 is 1.19 bits per heavy atom. The number of hydrogen-bond acceptors (Lipinski definition) is 3. The first-order valence-electron chi connectivity index (χ1n) is 6.30. The zero-order valence-corrected chi connectivity index (χ0v) is 13.9. The molecule has 2 N–H and O–H groups in total. The van der Waals surface area contributed by atoms with Crippen molar-refractivity contribution in [2.45, 2.75) is 12.5 Å². The van der Waals surface area contributed by atoms with Gasteiger partial charge in [0, 0.05) is 21.5 Å². The lowest BCUT2D eigenvalue weighted by Crippen LogP contribution is -2.10. The first kappa shape index (κ1) is 14.7. The number of rotatable bonds is 2. The molecule has 1 aliphatic rings. The fourth-order valence-electron chi connectivity index (χ4n) is 2.30. The topological polar surface area (TPSA) is 44.6 Å². The number of nitrogens with one attached hydrogen (secondary N) is 1. The van der Waals surface area contributed by atoms with E-state index in [4.69, 9.17) is 23.2 Å². The quantitative estimate of drug-likeness (QED) is 0.772. The van der Waals surface area contributed by atoms with Crippen molar-refractivity contribution in [3.05, 3.63) is 62.0 Å². The molecule has 0 fully saturated rings. The van der Waals surface area contributed by atoms with E-state index in [2.05, 4.69) is 26.5 Å². The van der Waals surface area contributed by atoms with E-state index in [1.165, 1.54) is 6.07 Å². The van der Waals surface area contributed by atoms with Crippen LogP contribution in [0, 0.1) is 0 Å². The largest absolute Gasteiger partial charge is 0.506 e. The van der Waals surface area contributed by atoms with E-state index in [9.17, 15) is 5.11 Å². The van der Waals surface area contributed by atoms with Crippen LogP contribution in [-0.4, -0.2) is 10.8 Å². The third-order valence-corrected chi connectivity index (χ3v) is 4.40. The Kier molecular flexibility index (Phi) is 4.11. The van der Waals surface area contributed by atoms with E-state index in [0.29, 0.717) is 17.0 Å². The second-order valence-electron chi connectivity index (χ2n) is 4.78. The summed E-state index contributed by atoms with van der Waals surface area (Å²) >= 11 is 15.4. The SMILES string of the molecule is Oc1c(Cl)cc(Cl)cc1C1CC(c2ccc(Br)cc2)=NN1. The van der Waals surface area contributed by atoms with Crippen molar-refractivity contribution >= 4 is 44.8 Å². The Labute approximate surface area is 140 Å². The third kappa shape index (κ3) is 3.03. The average Bonchev–Trinajstić information content (AvgIpc) is 2.93. The number of nitrogens with zero attached hydrogens (tertiary/aromatic N) is 1. The van der Waals surface area contributed by atoms with E-state index in [0.717, 1.165) is 15.7 Å². The molecule has 1 unspecified atom stereocenters. The Morgan fingerprint density at radius 2 is 1.90 bits per heavy atom. The molecule has 0 aliphatic carbocycles. The summed E-state index contributed by atoms with van der Waals surface area (Å²) in [5.41, 5.74) is 5.66. The summed E-state index contributed by atoms with van der Waals surface area (Å²) in [7, 11) is 0. The molecule has 0 amide bonds. The number of benzene rings is 2. The van der Waals surface area contributed by atoms with Gasteiger partial charge in [0.25, 0.3) is 0 Å². The van der Waals surface area contributed by atoms with E-state index in [-0.39, 0.29) is 16.8 Å². The van der Waals surface area contributed by atoms with Gasteiger partial charge in [0.2, 0.25) is 0 Å². The van der Waals surface area contributed by atoms with Crippen LogP contribution in [-0.2, 0) is 0 Å². The lowest BCUT2D eigenvalue weighted by molar-refractivity contribution is 0.456. The number of phenolic OH excluding ortho intramolecular Hbond substituents is 1. The first-order chi connectivity index (χ1) is 10.0. The van der Waals surface area contributed by atoms with Crippen LogP contribution in [0.4, 0.5) is 0 Å². The maximum Gasteiger partial charge on any atom is 0.139 e. The van der Waals surface area contributed by atoms with Gasteiger partial charge in [-0.05, 0) is 29.8 Å². The van der Waals surface area contributed by atoms with Crippen molar-refractivity contribution in [3.8, 4) is 5.75 Å². The van der Waals surface area contributed by atoms with E-state index in [1.54, 1.807) is 6.07 Å². The van der Waals surface area contributed by atoms with Gasteiger partial charge >= 0.3 is 0 Å². The lowest BCUT2D eigenvalue weighted by Gasteiger charge is -2.13. The normalized spacial score (nSPS) is 17.5. The zero-order valence-electron chi connectivity index (χ0n) is 10.8. The minimum Gasteiger partial charge on any atom is -0.506 e. The predicted molar refractivity (Wildman–Crippen MR) is 89.3 cm³/mol. The van der Waals surface area contributed by atoms with Crippen molar-refractivity contribution in [1.29, 1.82) is 0 Å². The zero-order chi connectivity index (χ0) is 15.0. The molecular formula is C15H11BrCl2N2O. The summed E-state index contributed by atoms with van der Waals surface area (Å²) in [6, 6.07) is 11.0. The number of halogens is 3. The van der Waals surface area contributed by atoms with Crippen LogP contribution in [0.3, 0.4) is 0 Å². The van der Waals surface area contributed by atoms with Crippen LogP contribution in [0.1, 0.15) is 23.6 Å². The van der Waals surface area contributed by atoms with Crippen molar-refractivity contribution in [2.75, 3.05) is 0 Å². The minimum atomic E-state index is -0.139. The molecule has 0 aromatic heterocycles. The van der Waals surface area contributed by atoms with Crippen LogP contribution in [0.25, 0.3) is 0 Å². The fourth-order valence-corrected chi connectivity index (χ4v) is 3.07. The second-order valence-corrected chi connectivity index (χ2v) is 6.54. The summed E-state index contributed by atoms with van der Waals surface area (Å²) in [6.45, 7) is 0. The van der Waals surface area contributed by atoms with Gasteiger partial charge in [-0.2, -0.15) is 5.10 Å². The second kappa shape index (κ2) is 5.87. The monoisotopic (exact) mass is 384 g/mol. The summed E-state index contributed by atoms with van der Waals surface area (Å²) in [6.07, 6.45) is 0.659. The highest BCUT2D eigenvalue weighted by Crippen LogP contribution is 2.37. The van der Waals surface area contributed by atoms with Crippen LogP contribution in [0.15, 0.2) is 46.0 Å².